The van der Waals surface area contributed by atoms with Crippen molar-refractivity contribution in [1.29, 1.82) is 0 Å². The molecular formula is C14H17ClN6O3. The van der Waals surface area contributed by atoms with Crippen LogP contribution < -0.4 is 4.90 Å². The normalized spacial score (nSPS) is 14.9. The third-order valence-electron chi connectivity index (χ3n) is 4.15. The van der Waals surface area contributed by atoms with E-state index in [2.05, 4.69) is 20.2 Å². The van der Waals surface area contributed by atoms with E-state index in [0.29, 0.717) is 18.9 Å². The van der Waals surface area contributed by atoms with Gasteiger partial charge >= 0.3 is 5.69 Å². The van der Waals surface area contributed by atoms with Gasteiger partial charge in [-0.3, -0.25) is 10.1 Å². The van der Waals surface area contributed by atoms with Gasteiger partial charge in [0.25, 0.3) is 0 Å². The maximum Gasteiger partial charge on any atom is 0.329 e. The molecule has 0 aliphatic heterocycles. The molecule has 0 aromatic carbocycles. The van der Waals surface area contributed by atoms with Crippen molar-refractivity contribution in [3.8, 4) is 0 Å². The fourth-order valence-corrected chi connectivity index (χ4v) is 3.20. The van der Waals surface area contributed by atoms with Gasteiger partial charge in [0.1, 0.15) is 6.20 Å². The Labute approximate surface area is 143 Å². The molecule has 0 atom stereocenters. The fraction of sp³-hybridized carbons (Fsp3) is 0.571. The van der Waals surface area contributed by atoms with E-state index in [0.717, 1.165) is 32.1 Å². The Bertz CT molecular complexity index is 690. The number of nitro groups is 1. The van der Waals surface area contributed by atoms with Crippen molar-refractivity contribution in [2.75, 3.05) is 11.4 Å². The van der Waals surface area contributed by atoms with Gasteiger partial charge in [-0.05, 0) is 30.9 Å². The number of hydrogen-bond acceptors (Lipinski definition) is 8. The van der Waals surface area contributed by atoms with Gasteiger partial charge in [-0.25, -0.2) is 4.98 Å². The summed E-state index contributed by atoms with van der Waals surface area (Å²) in [5.41, 5.74) is -0.121. The molecule has 0 unspecified atom stereocenters. The number of rotatable bonds is 7. The van der Waals surface area contributed by atoms with Crippen molar-refractivity contribution in [2.45, 2.75) is 44.6 Å². The van der Waals surface area contributed by atoms with Gasteiger partial charge in [0.05, 0.1) is 4.92 Å². The van der Waals surface area contributed by atoms with Crippen LogP contribution >= 0.6 is 11.6 Å². The van der Waals surface area contributed by atoms with Crippen molar-refractivity contribution < 1.29 is 9.34 Å². The van der Waals surface area contributed by atoms with E-state index in [1.807, 2.05) is 4.90 Å². The summed E-state index contributed by atoms with van der Waals surface area (Å²) >= 11 is 5.88. The van der Waals surface area contributed by atoms with Crippen molar-refractivity contribution in [3.63, 3.8) is 0 Å². The summed E-state index contributed by atoms with van der Waals surface area (Å²) in [6, 6.07) is 0.220. The molecular weight excluding hydrogens is 336 g/mol. The minimum absolute atomic E-state index is 0.00972. The predicted molar refractivity (Wildman–Crippen MR) is 85.9 cm³/mol. The quantitative estimate of drug-likeness (QED) is 0.425. The fourth-order valence-electron chi connectivity index (χ4n) is 3.07. The maximum atomic E-state index is 11.3. The largest absolute Gasteiger partial charge is 0.428 e. The number of anilines is 1. The summed E-state index contributed by atoms with van der Waals surface area (Å²) in [4.78, 5) is 20.7. The Morgan fingerprint density at radius 1 is 1.42 bits per heavy atom. The van der Waals surface area contributed by atoms with Gasteiger partial charge in [-0.1, -0.05) is 12.8 Å². The Kier molecular flexibility index (Phi) is 5.19. The third kappa shape index (κ3) is 3.78. The molecule has 3 rings (SSSR count). The smallest absolute Gasteiger partial charge is 0.329 e. The van der Waals surface area contributed by atoms with Crippen LogP contribution in [0.2, 0.25) is 5.28 Å². The van der Waals surface area contributed by atoms with Crippen LogP contribution in [0.25, 0.3) is 0 Å². The standard InChI is InChI=1S/C14H17ClN6O3/c15-14-16-8-11(21(22)23)13(18-14)20(10-4-1-2-5-10)7-3-6-12-19-17-9-24-12/h8-10H,1-7H2. The Morgan fingerprint density at radius 3 is 2.88 bits per heavy atom. The monoisotopic (exact) mass is 352 g/mol. The second kappa shape index (κ2) is 7.52. The minimum Gasteiger partial charge on any atom is -0.428 e. The number of aromatic nitrogens is 4. The van der Waals surface area contributed by atoms with Gasteiger partial charge in [0, 0.05) is 19.0 Å². The molecule has 2 aromatic rings. The second-order valence-corrected chi connectivity index (χ2v) is 6.01. The molecule has 1 aliphatic carbocycles. The van der Waals surface area contributed by atoms with E-state index >= 15 is 0 Å². The molecule has 1 saturated carbocycles. The second-order valence-electron chi connectivity index (χ2n) is 5.67. The highest BCUT2D eigenvalue weighted by Crippen LogP contribution is 2.33. The lowest BCUT2D eigenvalue weighted by molar-refractivity contribution is -0.384. The van der Waals surface area contributed by atoms with E-state index in [9.17, 15) is 10.1 Å². The van der Waals surface area contributed by atoms with E-state index in [1.54, 1.807) is 0 Å². The molecule has 0 amide bonds. The Hall–Kier alpha value is -2.29. The SMILES string of the molecule is O=[N+]([O-])c1cnc(Cl)nc1N(CCCc1nnco1)C1CCCC1. The number of aryl methyl sites for hydroxylation is 1. The lowest BCUT2D eigenvalue weighted by Gasteiger charge is -2.29. The topological polar surface area (TPSA) is 111 Å². The van der Waals surface area contributed by atoms with Crippen LogP contribution in [0.15, 0.2) is 17.0 Å². The van der Waals surface area contributed by atoms with Gasteiger partial charge in [-0.2, -0.15) is 4.98 Å². The van der Waals surface area contributed by atoms with Crippen molar-refractivity contribution >= 4 is 23.1 Å². The molecule has 9 nitrogen and oxygen atoms in total. The summed E-state index contributed by atoms with van der Waals surface area (Å²) in [5.74, 6) is 0.842. The number of nitrogens with zero attached hydrogens (tertiary/aromatic N) is 6. The minimum atomic E-state index is -0.467. The zero-order chi connectivity index (χ0) is 16.9. The highest BCUT2D eigenvalue weighted by atomic mass is 35.5. The van der Waals surface area contributed by atoms with Crippen LogP contribution in [0.1, 0.15) is 38.0 Å². The van der Waals surface area contributed by atoms with Crippen LogP contribution in [0, 0.1) is 10.1 Å². The average molecular weight is 353 g/mol. The van der Waals surface area contributed by atoms with Crippen molar-refractivity contribution in [1.82, 2.24) is 20.2 Å². The first-order valence-electron chi connectivity index (χ1n) is 7.84. The van der Waals surface area contributed by atoms with Crippen LogP contribution in [0.5, 0.6) is 0 Å². The first kappa shape index (κ1) is 16.6. The van der Waals surface area contributed by atoms with Crippen LogP contribution in [-0.2, 0) is 6.42 Å². The highest BCUT2D eigenvalue weighted by molar-refractivity contribution is 6.28. The first-order valence-corrected chi connectivity index (χ1v) is 8.21. The molecule has 10 heteroatoms. The summed E-state index contributed by atoms with van der Waals surface area (Å²) in [7, 11) is 0. The van der Waals surface area contributed by atoms with Gasteiger partial charge in [-0.15, -0.1) is 10.2 Å². The molecule has 2 heterocycles. The summed E-state index contributed by atoms with van der Waals surface area (Å²) < 4.78 is 5.13. The van der Waals surface area contributed by atoms with E-state index in [1.165, 1.54) is 12.6 Å². The zero-order valence-electron chi connectivity index (χ0n) is 13.0. The molecule has 2 aromatic heterocycles. The third-order valence-corrected chi connectivity index (χ3v) is 4.33. The highest BCUT2D eigenvalue weighted by Gasteiger charge is 2.30. The molecule has 0 saturated heterocycles. The Morgan fingerprint density at radius 2 is 2.21 bits per heavy atom. The van der Waals surface area contributed by atoms with E-state index in [4.69, 9.17) is 16.0 Å². The molecule has 1 aliphatic rings. The Balaban J connectivity index is 1.81. The molecule has 1 fully saturated rings. The maximum absolute atomic E-state index is 11.3. The van der Waals surface area contributed by atoms with Crippen LogP contribution in [-0.4, -0.2) is 37.7 Å². The molecule has 0 spiro atoms. The van der Waals surface area contributed by atoms with Gasteiger partial charge in [0.15, 0.2) is 0 Å². The van der Waals surface area contributed by atoms with Gasteiger partial charge < -0.3 is 9.32 Å². The van der Waals surface area contributed by atoms with E-state index in [-0.39, 0.29) is 22.8 Å². The molecule has 0 bridgehead atoms. The first-order chi connectivity index (χ1) is 11.6. The molecule has 24 heavy (non-hydrogen) atoms. The molecule has 0 radical (unpaired) electrons. The van der Waals surface area contributed by atoms with Crippen molar-refractivity contribution in [3.05, 3.63) is 33.9 Å². The average Bonchev–Trinajstić information content (AvgIpc) is 3.25. The molecule has 0 N–H and O–H groups in total. The summed E-state index contributed by atoms with van der Waals surface area (Å²) in [6.07, 6.45) is 7.98. The van der Waals surface area contributed by atoms with Crippen molar-refractivity contribution in [2.24, 2.45) is 0 Å². The predicted octanol–water partition coefficient (Wildman–Crippen LogP) is 2.80. The molecule has 128 valence electrons. The lowest BCUT2D eigenvalue weighted by Crippen LogP contribution is -2.35. The summed E-state index contributed by atoms with van der Waals surface area (Å²) in [6.45, 7) is 0.598. The number of halogens is 1. The van der Waals surface area contributed by atoms with E-state index < -0.39 is 4.92 Å². The van der Waals surface area contributed by atoms with Crippen LogP contribution in [0.4, 0.5) is 11.5 Å². The lowest BCUT2D eigenvalue weighted by atomic mass is 10.1. The van der Waals surface area contributed by atoms with Gasteiger partial charge in [0.2, 0.25) is 23.4 Å². The van der Waals surface area contributed by atoms with Crippen LogP contribution in [0.3, 0.4) is 0 Å². The zero-order valence-corrected chi connectivity index (χ0v) is 13.7. The number of hydrogen-bond donors (Lipinski definition) is 0. The summed E-state index contributed by atoms with van der Waals surface area (Å²) in [5, 5.41) is 18.8.